The van der Waals surface area contributed by atoms with Gasteiger partial charge in [-0.2, -0.15) is 0 Å². The van der Waals surface area contributed by atoms with Crippen molar-refractivity contribution in [1.82, 2.24) is 16.0 Å². The molecule has 0 aromatic heterocycles. The summed E-state index contributed by atoms with van der Waals surface area (Å²) in [6.45, 7) is 1.13. The van der Waals surface area contributed by atoms with Crippen LogP contribution in [0.3, 0.4) is 0 Å². The van der Waals surface area contributed by atoms with Crippen molar-refractivity contribution in [2.75, 3.05) is 6.54 Å². The molecule has 5 unspecified atom stereocenters. The first-order chi connectivity index (χ1) is 7.83. The molecule has 1 saturated carbocycles. The minimum Gasteiger partial charge on any atom is -0.311 e. The highest BCUT2D eigenvalue weighted by atomic mass is 35.5. The second-order valence-corrected chi connectivity index (χ2v) is 5.49. The van der Waals surface area contributed by atoms with Crippen LogP contribution in [0.4, 0.5) is 4.39 Å². The molecule has 108 valence electrons. The zero-order chi connectivity index (χ0) is 11.0. The Hall–Kier alpha value is 0.390. The van der Waals surface area contributed by atoms with E-state index in [-0.39, 0.29) is 24.8 Å². The lowest BCUT2D eigenvalue weighted by Crippen LogP contribution is -2.53. The van der Waals surface area contributed by atoms with Gasteiger partial charge in [0.25, 0.3) is 0 Å². The minimum absolute atomic E-state index is 0. The second kappa shape index (κ2) is 7.25. The van der Waals surface area contributed by atoms with Gasteiger partial charge >= 0.3 is 0 Å². The number of alkyl halides is 1. The minimum atomic E-state index is -0.589. The van der Waals surface area contributed by atoms with Crippen LogP contribution in [0.25, 0.3) is 0 Å². The lowest BCUT2D eigenvalue weighted by Gasteiger charge is -2.29. The Kier molecular flexibility index (Phi) is 6.62. The molecule has 0 aromatic carbocycles. The summed E-state index contributed by atoms with van der Waals surface area (Å²) >= 11 is 0. The van der Waals surface area contributed by atoms with Crippen molar-refractivity contribution in [1.29, 1.82) is 0 Å². The summed E-state index contributed by atoms with van der Waals surface area (Å²) in [6, 6.07) is 1.40. The number of halogens is 3. The molecule has 3 rings (SSSR count). The van der Waals surface area contributed by atoms with Crippen LogP contribution in [0.2, 0.25) is 0 Å². The number of fused-ring (bicyclic) bond motifs is 1. The molecule has 0 bridgehead atoms. The van der Waals surface area contributed by atoms with E-state index in [2.05, 4.69) is 16.0 Å². The zero-order valence-corrected chi connectivity index (χ0v) is 12.2. The van der Waals surface area contributed by atoms with Gasteiger partial charge in [-0.1, -0.05) is 6.42 Å². The Morgan fingerprint density at radius 3 is 2.33 bits per heavy atom. The van der Waals surface area contributed by atoms with Crippen LogP contribution in [0.1, 0.15) is 38.5 Å². The molecular weight excluding hydrogens is 276 g/mol. The lowest BCUT2D eigenvalue weighted by molar-refractivity contribution is 0.211. The van der Waals surface area contributed by atoms with Gasteiger partial charge in [-0.05, 0) is 38.6 Å². The van der Waals surface area contributed by atoms with Gasteiger partial charge in [-0.15, -0.1) is 24.8 Å². The average Bonchev–Trinajstić information content (AvgIpc) is 2.73. The highest BCUT2D eigenvalue weighted by Gasteiger charge is 2.40. The van der Waals surface area contributed by atoms with E-state index in [0.29, 0.717) is 30.7 Å². The number of rotatable bonds is 1. The molecule has 2 saturated heterocycles. The Bertz CT molecular complexity index is 251. The number of piperidine rings is 1. The van der Waals surface area contributed by atoms with Gasteiger partial charge in [0.05, 0.1) is 6.17 Å². The molecule has 5 atom stereocenters. The summed E-state index contributed by atoms with van der Waals surface area (Å²) in [5.74, 6) is 0. The Labute approximate surface area is 121 Å². The first kappa shape index (κ1) is 16.4. The van der Waals surface area contributed by atoms with E-state index in [1.807, 2.05) is 0 Å². The normalized spacial score (nSPS) is 43.5. The topological polar surface area (TPSA) is 36.1 Å². The largest absolute Gasteiger partial charge is 0.311 e. The molecule has 0 aromatic rings. The van der Waals surface area contributed by atoms with E-state index in [4.69, 9.17) is 0 Å². The molecule has 3 N–H and O–H groups in total. The summed E-state index contributed by atoms with van der Waals surface area (Å²) in [7, 11) is 0. The molecule has 2 heterocycles. The maximum absolute atomic E-state index is 13.3. The summed E-state index contributed by atoms with van der Waals surface area (Å²) in [5.41, 5.74) is 0. The molecule has 0 radical (unpaired) electrons. The van der Waals surface area contributed by atoms with Crippen molar-refractivity contribution in [3.05, 3.63) is 0 Å². The summed E-state index contributed by atoms with van der Waals surface area (Å²) in [5, 5.41) is 10.8. The van der Waals surface area contributed by atoms with Crippen LogP contribution in [0.5, 0.6) is 0 Å². The molecular formula is C12H24Cl2FN3. The van der Waals surface area contributed by atoms with E-state index < -0.39 is 6.17 Å². The average molecular weight is 300 g/mol. The third kappa shape index (κ3) is 3.48. The van der Waals surface area contributed by atoms with E-state index in [9.17, 15) is 4.39 Å². The van der Waals surface area contributed by atoms with Gasteiger partial charge in [0.1, 0.15) is 6.17 Å². The van der Waals surface area contributed by atoms with E-state index in [0.717, 1.165) is 19.4 Å². The van der Waals surface area contributed by atoms with Crippen molar-refractivity contribution in [3.8, 4) is 0 Å². The number of hydrogen-bond acceptors (Lipinski definition) is 3. The van der Waals surface area contributed by atoms with Crippen LogP contribution < -0.4 is 16.0 Å². The smallest absolute Gasteiger partial charge is 0.102 e. The molecule has 18 heavy (non-hydrogen) atoms. The van der Waals surface area contributed by atoms with Gasteiger partial charge in [-0.25, -0.2) is 4.39 Å². The van der Waals surface area contributed by atoms with Crippen LogP contribution in [0, 0.1) is 0 Å². The van der Waals surface area contributed by atoms with Crippen LogP contribution in [-0.4, -0.2) is 37.0 Å². The van der Waals surface area contributed by atoms with E-state index >= 15 is 0 Å². The summed E-state index contributed by atoms with van der Waals surface area (Å²) in [6.07, 6.45) is 6.04. The fourth-order valence-corrected chi connectivity index (χ4v) is 3.41. The van der Waals surface area contributed by atoms with Crippen molar-refractivity contribution in [3.63, 3.8) is 0 Å². The Balaban J connectivity index is 0.000000810. The standard InChI is InChI=1S/C12H22FN3.2ClH/c13-8-4-5-9-11(7-8)16-12(15-9)10-3-1-2-6-14-10;;/h8-12,14-16H,1-7H2;2*1H. The van der Waals surface area contributed by atoms with Gasteiger partial charge in [-0.3, -0.25) is 10.6 Å². The number of nitrogens with one attached hydrogen (secondary N) is 3. The summed E-state index contributed by atoms with van der Waals surface area (Å²) in [4.78, 5) is 0. The van der Waals surface area contributed by atoms with Crippen LogP contribution in [-0.2, 0) is 0 Å². The fourth-order valence-electron chi connectivity index (χ4n) is 3.41. The molecule has 0 amide bonds. The maximum Gasteiger partial charge on any atom is 0.102 e. The lowest BCUT2D eigenvalue weighted by atomic mass is 9.90. The van der Waals surface area contributed by atoms with Crippen molar-refractivity contribution in [2.24, 2.45) is 0 Å². The van der Waals surface area contributed by atoms with E-state index in [1.165, 1.54) is 19.3 Å². The molecule has 1 aliphatic carbocycles. The third-order valence-electron chi connectivity index (χ3n) is 4.32. The molecule has 3 nitrogen and oxygen atoms in total. The van der Waals surface area contributed by atoms with Gasteiger partial charge in [0.15, 0.2) is 0 Å². The van der Waals surface area contributed by atoms with Crippen molar-refractivity contribution >= 4 is 24.8 Å². The highest BCUT2D eigenvalue weighted by Crippen LogP contribution is 2.26. The number of hydrogen-bond donors (Lipinski definition) is 3. The van der Waals surface area contributed by atoms with Gasteiger partial charge in [0.2, 0.25) is 0 Å². The SMILES string of the molecule is Cl.Cl.FC1CCC2NC(C3CCCCN3)NC2C1. The molecule has 3 fully saturated rings. The Morgan fingerprint density at radius 2 is 1.61 bits per heavy atom. The molecule has 0 spiro atoms. The Morgan fingerprint density at radius 1 is 0.833 bits per heavy atom. The summed E-state index contributed by atoms with van der Waals surface area (Å²) < 4.78 is 13.3. The highest BCUT2D eigenvalue weighted by molar-refractivity contribution is 5.85. The monoisotopic (exact) mass is 299 g/mol. The van der Waals surface area contributed by atoms with Crippen LogP contribution in [0.15, 0.2) is 0 Å². The molecule has 3 aliphatic rings. The second-order valence-electron chi connectivity index (χ2n) is 5.49. The molecule has 2 aliphatic heterocycles. The predicted octanol–water partition coefficient (Wildman–Crippen LogP) is 1.75. The van der Waals surface area contributed by atoms with Gasteiger partial charge in [0, 0.05) is 18.1 Å². The maximum atomic E-state index is 13.3. The molecule has 6 heteroatoms. The van der Waals surface area contributed by atoms with Crippen molar-refractivity contribution < 1.29 is 4.39 Å². The van der Waals surface area contributed by atoms with E-state index in [1.54, 1.807) is 0 Å². The third-order valence-corrected chi connectivity index (χ3v) is 4.32. The van der Waals surface area contributed by atoms with Crippen molar-refractivity contribution in [2.45, 2.75) is 69.0 Å². The first-order valence-corrected chi connectivity index (χ1v) is 6.72. The predicted molar refractivity (Wildman–Crippen MR) is 76.5 cm³/mol. The zero-order valence-electron chi connectivity index (χ0n) is 10.5. The first-order valence-electron chi connectivity index (χ1n) is 6.72. The van der Waals surface area contributed by atoms with Gasteiger partial charge < -0.3 is 5.32 Å². The fraction of sp³-hybridized carbons (Fsp3) is 1.00. The van der Waals surface area contributed by atoms with Crippen LogP contribution >= 0.6 is 24.8 Å². The quantitative estimate of drug-likeness (QED) is 0.690.